The van der Waals surface area contributed by atoms with Crippen LogP contribution in [-0.4, -0.2) is 81.8 Å². The molecule has 2 saturated heterocycles. The number of likely N-dealkylation sites (tertiary alicyclic amines) is 2. The number of hydrogen-bond donors (Lipinski definition) is 2. The van der Waals surface area contributed by atoms with Crippen LogP contribution in [0.3, 0.4) is 0 Å². The van der Waals surface area contributed by atoms with Crippen LogP contribution in [0.15, 0.2) is 24.3 Å². The molecule has 33 heavy (non-hydrogen) atoms. The maximum Gasteiger partial charge on any atom is 0.222 e. The van der Waals surface area contributed by atoms with Crippen molar-refractivity contribution in [3.8, 4) is 0 Å². The normalized spacial score (nSPS) is 16.9. The lowest BCUT2D eigenvalue weighted by Gasteiger charge is -2.35. The SMILES string of the molecule is O=C(CC=CCCCC(=O)N1CC(O)C1)CCCC(=O)CC=CCCCC(=O)N1CC(O)C1. The first-order valence-electron chi connectivity index (χ1n) is 12.1. The van der Waals surface area contributed by atoms with Crippen molar-refractivity contribution in [3.63, 3.8) is 0 Å². The number of aliphatic hydroxyl groups excluding tert-OH is 2. The van der Waals surface area contributed by atoms with Crippen molar-refractivity contribution < 1.29 is 29.4 Å². The molecule has 0 aromatic rings. The van der Waals surface area contributed by atoms with Crippen LogP contribution in [0.1, 0.15) is 70.6 Å². The quantitative estimate of drug-likeness (QED) is 0.268. The number of carbonyl (C=O) groups excluding carboxylic acids is 4. The standard InChI is InChI=1S/C25H38N2O6/c28-20(10-5-1-3-7-14-24(32)26-16-22(30)17-26)12-9-13-21(29)11-6-2-4-8-15-25(33)27-18-23(31)19-27/h1-2,5-6,22-23,30-31H,3-4,7-19H2. The van der Waals surface area contributed by atoms with Crippen molar-refractivity contribution in [2.45, 2.75) is 82.8 Å². The Hall–Kier alpha value is -2.32. The van der Waals surface area contributed by atoms with E-state index < -0.39 is 0 Å². The number of amides is 2. The summed E-state index contributed by atoms with van der Waals surface area (Å²) >= 11 is 0. The summed E-state index contributed by atoms with van der Waals surface area (Å²) in [6, 6.07) is 0. The second kappa shape index (κ2) is 14.8. The van der Waals surface area contributed by atoms with Crippen LogP contribution in [-0.2, 0) is 19.2 Å². The van der Waals surface area contributed by atoms with Gasteiger partial charge in [-0.1, -0.05) is 24.3 Å². The molecule has 2 fully saturated rings. The van der Waals surface area contributed by atoms with Crippen LogP contribution in [0.2, 0.25) is 0 Å². The lowest BCUT2D eigenvalue weighted by molar-refractivity contribution is -0.141. The van der Waals surface area contributed by atoms with Crippen molar-refractivity contribution in [2.24, 2.45) is 0 Å². The van der Waals surface area contributed by atoms with Gasteiger partial charge in [-0.25, -0.2) is 0 Å². The lowest BCUT2D eigenvalue weighted by atomic mass is 10.1. The van der Waals surface area contributed by atoms with Gasteiger partial charge in [0.1, 0.15) is 11.6 Å². The Morgan fingerprint density at radius 3 is 1.36 bits per heavy atom. The molecule has 0 bridgehead atoms. The van der Waals surface area contributed by atoms with Crippen LogP contribution in [0.25, 0.3) is 0 Å². The molecular formula is C25H38N2O6. The molecule has 0 aromatic carbocycles. The van der Waals surface area contributed by atoms with E-state index in [1.165, 1.54) is 0 Å². The Bertz CT molecular complexity index is 660. The predicted molar refractivity (Wildman–Crippen MR) is 124 cm³/mol. The Balaban J connectivity index is 1.39. The Kier molecular flexibility index (Phi) is 12.0. The second-order valence-electron chi connectivity index (χ2n) is 8.97. The third-order valence-electron chi connectivity index (χ3n) is 5.89. The summed E-state index contributed by atoms with van der Waals surface area (Å²) in [5.74, 6) is 0.366. The molecule has 0 spiro atoms. The van der Waals surface area contributed by atoms with Crippen molar-refractivity contribution in [1.82, 2.24) is 9.80 Å². The van der Waals surface area contributed by atoms with E-state index in [4.69, 9.17) is 0 Å². The van der Waals surface area contributed by atoms with E-state index >= 15 is 0 Å². The van der Waals surface area contributed by atoms with Gasteiger partial charge in [0.15, 0.2) is 0 Å². The largest absolute Gasteiger partial charge is 0.389 e. The highest BCUT2D eigenvalue weighted by Crippen LogP contribution is 2.12. The third-order valence-corrected chi connectivity index (χ3v) is 5.89. The van der Waals surface area contributed by atoms with Crippen LogP contribution in [0.5, 0.6) is 0 Å². The summed E-state index contributed by atoms with van der Waals surface area (Å²) in [5, 5.41) is 18.4. The number of nitrogens with zero attached hydrogens (tertiary/aromatic N) is 2. The van der Waals surface area contributed by atoms with Gasteiger partial charge < -0.3 is 20.0 Å². The maximum absolute atomic E-state index is 11.9. The topological polar surface area (TPSA) is 115 Å². The number of unbranched alkanes of at least 4 members (excludes halogenated alkanes) is 2. The molecular weight excluding hydrogens is 424 g/mol. The molecule has 8 nitrogen and oxygen atoms in total. The van der Waals surface area contributed by atoms with E-state index in [0.29, 0.717) is 71.1 Å². The number of β-amino-alcohol motifs (C(OH)–C–C–N with tert-alkyl or cyclic N) is 2. The summed E-state index contributed by atoms with van der Waals surface area (Å²) < 4.78 is 0. The van der Waals surface area contributed by atoms with E-state index in [9.17, 15) is 29.4 Å². The zero-order valence-electron chi connectivity index (χ0n) is 19.5. The highest BCUT2D eigenvalue weighted by molar-refractivity contribution is 5.82. The lowest BCUT2D eigenvalue weighted by Crippen LogP contribution is -2.53. The Morgan fingerprint density at radius 1 is 0.606 bits per heavy atom. The third kappa shape index (κ3) is 10.9. The summed E-state index contributed by atoms with van der Waals surface area (Å²) in [5.41, 5.74) is 0. The number of carbonyl (C=O) groups is 4. The van der Waals surface area contributed by atoms with Crippen molar-refractivity contribution >= 4 is 23.4 Å². The van der Waals surface area contributed by atoms with Gasteiger partial charge in [0, 0.05) is 64.7 Å². The highest BCUT2D eigenvalue weighted by atomic mass is 16.3. The summed E-state index contributed by atoms with van der Waals surface area (Å²) in [7, 11) is 0. The number of ketones is 2. The number of aliphatic hydroxyl groups is 2. The minimum atomic E-state index is -0.368. The number of rotatable bonds is 16. The molecule has 2 aliphatic rings. The zero-order valence-corrected chi connectivity index (χ0v) is 19.5. The summed E-state index contributed by atoms with van der Waals surface area (Å²) in [6.07, 6.45) is 12.7. The molecule has 0 atom stereocenters. The summed E-state index contributed by atoms with van der Waals surface area (Å²) in [4.78, 5) is 50.6. The molecule has 2 amide bonds. The molecule has 0 aromatic heterocycles. The molecule has 2 rings (SSSR count). The van der Waals surface area contributed by atoms with Crippen LogP contribution in [0, 0.1) is 0 Å². The molecule has 0 radical (unpaired) electrons. The summed E-state index contributed by atoms with van der Waals surface area (Å²) in [6.45, 7) is 1.76. The first kappa shape index (κ1) is 26.9. The molecule has 2 heterocycles. The fourth-order valence-corrected chi connectivity index (χ4v) is 3.73. The van der Waals surface area contributed by atoms with Gasteiger partial charge in [-0.15, -0.1) is 0 Å². The van der Waals surface area contributed by atoms with Crippen molar-refractivity contribution in [2.75, 3.05) is 26.2 Å². The molecule has 0 aliphatic carbocycles. The zero-order chi connectivity index (χ0) is 24.1. The average Bonchev–Trinajstić information content (AvgIpc) is 2.73. The average molecular weight is 463 g/mol. The molecule has 8 heteroatoms. The predicted octanol–water partition coefficient (Wildman–Crippen LogP) is 1.93. The molecule has 184 valence electrons. The highest BCUT2D eigenvalue weighted by Gasteiger charge is 2.28. The number of allylic oxidation sites excluding steroid dienone is 4. The van der Waals surface area contributed by atoms with Crippen LogP contribution < -0.4 is 0 Å². The van der Waals surface area contributed by atoms with Gasteiger partial charge in [0.05, 0.1) is 12.2 Å². The van der Waals surface area contributed by atoms with Crippen molar-refractivity contribution in [3.05, 3.63) is 24.3 Å². The van der Waals surface area contributed by atoms with E-state index in [-0.39, 0.29) is 35.6 Å². The second-order valence-corrected chi connectivity index (χ2v) is 8.97. The van der Waals surface area contributed by atoms with E-state index in [2.05, 4.69) is 0 Å². The smallest absolute Gasteiger partial charge is 0.222 e. The van der Waals surface area contributed by atoms with Crippen molar-refractivity contribution in [1.29, 1.82) is 0 Å². The Morgan fingerprint density at radius 2 is 1.00 bits per heavy atom. The minimum Gasteiger partial charge on any atom is -0.389 e. The van der Waals surface area contributed by atoms with E-state index in [1.54, 1.807) is 9.80 Å². The minimum absolute atomic E-state index is 0.0723. The fraction of sp³-hybridized carbons (Fsp3) is 0.680. The van der Waals surface area contributed by atoms with Crippen LogP contribution in [0.4, 0.5) is 0 Å². The van der Waals surface area contributed by atoms with E-state index in [0.717, 1.165) is 25.7 Å². The van der Waals surface area contributed by atoms with Gasteiger partial charge in [-0.3, -0.25) is 19.2 Å². The van der Waals surface area contributed by atoms with Gasteiger partial charge in [-0.05, 0) is 32.1 Å². The maximum atomic E-state index is 11.9. The van der Waals surface area contributed by atoms with Gasteiger partial charge in [0.25, 0.3) is 0 Å². The molecule has 2 N–H and O–H groups in total. The number of hydrogen-bond acceptors (Lipinski definition) is 6. The first-order chi connectivity index (χ1) is 15.8. The van der Waals surface area contributed by atoms with Gasteiger partial charge >= 0.3 is 0 Å². The monoisotopic (exact) mass is 462 g/mol. The van der Waals surface area contributed by atoms with Gasteiger partial charge in [-0.2, -0.15) is 0 Å². The van der Waals surface area contributed by atoms with Gasteiger partial charge in [0.2, 0.25) is 11.8 Å². The molecule has 2 aliphatic heterocycles. The van der Waals surface area contributed by atoms with Crippen LogP contribution >= 0.6 is 0 Å². The molecule has 0 saturated carbocycles. The Labute approximate surface area is 196 Å². The number of Topliss-reactive ketones (excluding diaryl/α,β-unsaturated/α-hetero) is 2. The van der Waals surface area contributed by atoms with E-state index in [1.807, 2.05) is 24.3 Å². The fourth-order valence-electron chi connectivity index (χ4n) is 3.73. The first-order valence-corrected chi connectivity index (χ1v) is 12.1. The molecule has 0 unspecified atom stereocenters.